The molecule has 23 heavy (non-hydrogen) atoms. The zero-order chi connectivity index (χ0) is 15.8. The molecule has 0 radical (unpaired) electrons. The molecule has 1 atom stereocenters. The van der Waals surface area contributed by atoms with Crippen molar-refractivity contribution < 1.29 is 5.11 Å². The summed E-state index contributed by atoms with van der Waals surface area (Å²) in [4.78, 5) is 5.30. The first-order chi connectivity index (χ1) is 11.2. The Morgan fingerprint density at radius 2 is 2.17 bits per heavy atom. The molecule has 0 saturated heterocycles. The van der Waals surface area contributed by atoms with Crippen molar-refractivity contribution in [2.24, 2.45) is 0 Å². The van der Waals surface area contributed by atoms with Crippen LogP contribution in [0.25, 0.3) is 15.6 Å². The van der Waals surface area contributed by atoms with Crippen LogP contribution in [0.2, 0.25) is 0 Å². The van der Waals surface area contributed by atoms with Crippen molar-refractivity contribution in [1.82, 2.24) is 14.6 Å². The topological polar surface area (TPSA) is 62.5 Å². The number of hydrogen-bond acceptors (Lipinski definition) is 5. The average Bonchev–Trinajstić information content (AvgIpc) is 3.14. The molecule has 0 bridgehead atoms. The Kier molecular flexibility index (Phi) is 3.48. The maximum atomic E-state index is 10.5. The van der Waals surface area contributed by atoms with Gasteiger partial charge in [0.1, 0.15) is 11.6 Å². The lowest BCUT2D eigenvalue weighted by Gasteiger charge is -2.11. The van der Waals surface area contributed by atoms with E-state index in [1.165, 1.54) is 4.70 Å². The summed E-state index contributed by atoms with van der Waals surface area (Å²) in [5, 5.41) is 19.2. The number of aliphatic hydroxyl groups excluding tert-OH is 1. The van der Waals surface area contributed by atoms with E-state index in [-0.39, 0.29) is 0 Å². The second-order valence-corrected chi connectivity index (χ2v) is 6.59. The molecule has 3 heterocycles. The quantitative estimate of drug-likeness (QED) is 0.604. The van der Waals surface area contributed by atoms with Gasteiger partial charge in [-0.15, -0.1) is 11.3 Å². The van der Waals surface area contributed by atoms with E-state index in [1.807, 2.05) is 37.4 Å². The molecule has 4 rings (SSSR count). The molecule has 0 fully saturated rings. The zero-order valence-corrected chi connectivity index (χ0v) is 13.4. The van der Waals surface area contributed by atoms with Gasteiger partial charge in [-0.05, 0) is 30.5 Å². The van der Waals surface area contributed by atoms with Gasteiger partial charge >= 0.3 is 0 Å². The van der Waals surface area contributed by atoms with Crippen molar-refractivity contribution in [2.45, 2.75) is 13.0 Å². The Morgan fingerprint density at radius 1 is 1.30 bits per heavy atom. The molecule has 0 aliphatic heterocycles. The van der Waals surface area contributed by atoms with Gasteiger partial charge in [-0.1, -0.05) is 18.2 Å². The van der Waals surface area contributed by atoms with Gasteiger partial charge < -0.3 is 10.4 Å². The molecule has 0 spiro atoms. The molecule has 6 heteroatoms. The van der Waals surface area contributed by atoms with Crippen LogP contribution >= 0.6 is 11.3 Å². The minimum absolute atomic E-state index is 0.406. The van der Waals surface area contributed by atoms with Crippen molar-refractivity contribution >= 4 is 32.8 Å². The summed E-state index contributed by atoms with van der Waals surface area (Å²) in [5.74, 6) is 0.730. The van der Waals surface area contributed by atoms with Crippen molar-refractivity contribution in [3.05, 3.63) is 59.4 Å². The summed E-state index contributed by atoms with van der Waals surface area (Å²) in [5.41, 5.74) is 1.85. The Balaban J connectivity index is 1.55. The van der Waals surface area contributed by atoms with E-state index in [0.29, 0.717) is 6.54 Å². The summed E-state index contributed by atoms with van der Waals surface area (Å²) in [6.45, 7) is 2.35. The monoisotopic (exact) mass is 324 g/mol. The number of anilines is 1. The molecule has 2 N–H and O–H groups in total. The van der Waals surface area contributed by atoms with E-state index in [9.17, 15) is 5.11 Å². The minimum Gasteiger partial charge on any atom is -0.386 e. The summed E-state index contributed by atoms with van der Waals surface area (Å²) in [6.07, 6.45) is 2.95. The van der Waals surface area contributed by atoms with Crippen molar-refractivity contribution in [2.75, 3.05) is 11.9 Å². The maximum Gasteiger partial charge on any atom is 0.152 e. The predicted octanol–water partition coefficient (Wildman–Crippen LogP) is 3.40. The highest BCUT2D eigenvalue weighted by atomic mass is 32.1. The molecular formula is C17H16N4OS. The molecule has 0 aliphatic rings. The number of nitrogens with zero attached hydrogens (tertiary/aromatic N) is 3. The van der Waals surface area contributed by atoms with Crippen LogP contribution in [0.3, 0.4) is 0 Å². The summed E-state index contributed by atoms with van der Waals surface area (Å²) in [7, 11) is 0. The van der Waals surface area contributed by atoms with E-state index in [0.717, 1.165) is 27.3 Å². The first kappa shape index (κ1) is 14.2. The van der Waals surface area contributed by atoms with Crippen LogP contribution < -0.4 is 5.32 Å². The van der Waals surface area contributed by atoms with Gasteiger partial charge in [-0.3, -0.25) is 0 Å². The lowest BCUT2D eigenvalue weighted by Crippen LogP contribution is -2.12. The molecule has 116 valence electrons. The Bertz CT molecular complexity index is 942. The Labute approximate surface area is 137 Å². The fourth-order valence-electron chi connectivity index (χ4n) is 2.64. The van der Waals surface area contributed by atoms with Crippen LogP contribution in [-0.2, 0) is 0 Å². The van der Waals surface area contributed by atoms with Gasteiger partial charge in [-0.25, -0.2) is 9.50 Å². The number of hydrogen-bond donors (Lipinski definition) is 2. The lowest BCUT2D eigenvalue weighted by molar-refractivity contribution is 0.195. The van der Waals surface area contributed by atoms with Gasteiger partial charge in [0, 0.05) is 28.5 Å². The smallest absolute Gasteiger partial charge is 0.152 e. The molecule has 0 saturated carbocycles. The standard InChI is InChI=1S/C17H16N4OS/c1-11-8-13-17(18-6-7-21(13)20-11)19-10-14(22)16-9-12-4-2-3-5-15(12)23-16/h2-9,14,22H,10H2,1H3,(H,18,19). The van der Waals surface area contributed by atoms with Gasteiger partial charge in [0.15, 0.2) is 5.82 Å². The highest BCUT2D eigenvalue weighted by Gasteiger charge is 2.13. The summed E-state index contributed by atoms with van der Waals surface area (Å²) in [6, 6.07) is 12.2. The minimum atomic E-state index is -0.571. The highest BCUT2D eigenvalue weighted by molar-refractivity contribution is 7.19. The number of nitrogens with one attached hydrogen (secondary N) is 1. The lowest BCUT2D eigenvalue weighted by atomic mass is 10.2. The average molecular weight is 324 g/mol. The van der Waals surface area contributed by atoms with Crippen molar-refractivity contribution in [3.63, 3.8) is 0 Å². The highest BCUT2D eigenvalue weighted by Crippen LogP contribution is 2.30. The first-order valence-electron chi connectivity index (χ1n) is 7.42. The van der Waals surface area contributed by atoms with Crippen molar-refractivity contribution in [3.8, 4) is 0 Å². The van der Waals surface area contributed by atoms with Gasteiger partial charge in [0.05, 0.1) is 5.69 Å². The van der Waals surface area contributed by atoms with Crippen molar-refractivity contribution in [1.29, 1.82) is 0 Å². The number of aromatic nitrogens is 3. The van der Waals surface area contributed by atoms with E-state index in [1.54, 1.807) is 22.0 Å². The van der Waals surface area contributed by atoms with Gasteiger partial charge in [0.2, 0.25) is 0 Å². The van der Waals surface area contributed by atoms with E-state index in [2.05, 4.69) is 27.5 Å². The number of thiophene rings is 1. The first-order valence-corrected chi connectivity index (χ1v) is 8.24. The molecule has 4 aromatic rings. The molecule has 0 aliphatic carbocycles. The normalized spacial score (nSPS) is 12.8. The molecular weight excluding hydrogens is 308 g/mol. The van der Waals surface area contributed by atoms with E-state index >= 15 is 0 Å². The third-order valence-electron chi connectivity index (χ3n) is 3.75. The van der Waals surface area contributed by atoms with E-state index in [4.69, 9.17) is 0 Å². The fraction of sp³-hybridized carbons (Fsp3) is 0.176. The largest absolute Gasteiger partial charge is 0.386 e. The number of rotatable bonds is 4. The second kappa shape index (κ2) is 5.64. The molecule has 1 aromatic carbocycles. The summed E-state index contributed by atoms with van der Waals surface area (Å²) >= 11 is 1.62. The SMILES string of the molecule is Cc1cc2c(NCC(O)c3cc4ccccc4s3)nccn2n1. The van der Waals surface area contributed by atoms with Crippen LogP contribution in [0.1, 0.15) is 16.7 Å². The van der Waals surface area contributed by atoms with Crippen LogP contribution in [0.15, 0.2) is 48.8 Å². The Morgan fingerprint density at radius 3 is 3.04 bits per heavy atom. The zero-order valence-electron chi connectivity index (χ0n) is 12.6. The molecule has 3 aromatic heterocycles. The third kappa shape index (κ3) is 2.67. The molecule has 0 amide bonds. The number of benzene rings is 1. The fourth-order valence-corrected chi connectivity index (χ4v) is 3.69. The third-order valence-corrected chi connectivity index (χ3v) is 4.97. The molecule has 1 unspecified atom stereocenters. The summed E-state index contributed by atoms with van der Waals surface area (Å²) < 4.78 is 2.98. The van der Waals surface area contributed by atoms with Crippen LogP contribution in [0, 0.1) is 6.92 Å². The van der Waals surface area contributed by atoms with Crippen LogP contribution in [-0.4, -0.2) is 26.2 Å². The maximum absolute atomic E-state index is 10.5. The van der Waals surface area contributed by atoms with Crippen LogP contribution in [0.4, 0.5) is 5.82 Å². The van der Waals surface area contributed by atoms with Gasteiger partial charge in [0.25, 0.3) is 0 Å². The Hall–Kier alpha value is -2.44. The number of aryl methyl sites for hydroxylation is 1. The number of fused-ring (bicyclic) bond motifs is 2. The number of aliphatic hydroxyl groups is 1. The van der Waals surface area contributed by atoms with Gasteiger partial charge in [-0.2, -0.15) is 5.10 Å². The molecule has 5 nitrogen and oxygen atoms in total. The van der Waals surface area contributed by atoms with E-state index < -0.39 is 6.10 Å². The predicted molar refractivity (Wildman–Crippen MR) is 93.0 cm³/mol. The van der Waals surface area contributed by atoms with Crippen LogP contribution in [0.5, 0.6) is 0 Å². The second-order valence-electron chi connectivity index (χ2n) is 5.47.